The highest BCUT2D eigenvalue weighted by Crippen LogP contribution is 2.35. The van der Waals surface area contributed by atoms with Crippen LogP contribution in [0.15, 0.2) is 0 Å². The molecule has 3 saturated heterocycles. The number of carbonyl (C=O) groups is 1. The van der Waals surface area contributed by atoms with Crippen LogP contribution < -0.4 is 5.32 Å². The van der Waals surface area contributed by atoms with Gasteiger partial charge in [-0.05, 0) is 27.7 Å². The second-order valence-corrected chi connectivity index (χ2v) is 6.41. The zero-order chi connectivity index (χ0) is 14.7. The maximum atomic E-state index is 12.1. The lowest BCUT2D eigenvalue weighted by atomic mass is 9.92. The molecule has 0 spiro atoms. The van der Waals surface area contributed by atoms with Crippen molar-refractivity contribution in [3.63, 3.8) is 0 Å². The number of aliphatic hydroxyl groups is 1. The molecule has 0 saturated carbocycles. The summed E-state index contributed by atoms with van der Waals surface area (Å²) in [4.78, 5) is 12.1. The van der Waals surface area contributed by atoms with Gasteiger partial charge in [0.15, 0.2) is 17.7 Å². The summed E-state index contributed by atoms with van der Waals surface area (Å²) in [5, 5.41) is 13.2. The number of ether oxygens (including phenoxy) is 4. The van der Waals surface area contributed by atoms with Crippen molar-refractivity contribution in [1.82, 2.24) is 5.32 Å². The van der Waals surface area contributed by atoms with Crippen molar-refractivity contribution in [2.75, 3.05) is 6.61 Å². The molecule has 3 aliphatic heterocycles. The van der Waals surface area contributed by atoms with Gasteiger partial charge in [0, 0.05) is 0 Å². The smallest absolute Gasteiger partial charge is 0.252 e. The van der Waals surface area contributed by atoms with Gasteiger partial charge in [0.05, 0.1) is 12.6 Å². The number of piperidine rings is 1. The fourth-order valence-electron chi connectivity index (χ4n) is 2.98. The molecular formula is C13H21NO6. The number of amides is 1. The number of rotatable bonds is 1. The Morgan fingerprint density at radius 1 is 1.15 bits per heavy atom. The van der Waals surface area contributed by atoms with E-state index in [0.29, 0.717) is 6.61 Å². The average Bonchev–Trinajstić information content (AvgIpc) is 2.83. The molecule has 3 aliphatic rings. The van der Waals surface area contributed by atoms with Gasteiger partial charge >= 0.3 is 0 Å². The molecule has 3 fully saturated rings. The maximum absolute atomic E-state index is 12.1. The molecule has 7 heteroatoms. The van der Waals surface area contributed by atoms with E-state index in [1.165, 1.54) is 0 Å². The highest BCUT2D eigenvalue weighted by molar-refractivity contribution is 5.83. The minimum atomic E-state index is -0.901. The molecule has 3 rings (SSSR count). The molecule has 0 radical (unpaired) electrons. The molecular weight excluding hydrogens is 266 g/mol. The summed E-state index contributed by atoms with van der Waals surface area (Å²) in [6.07, 6.45) is -2.78. The van der Waals surface area contributed by atoms with E-state index < -0.39 is 42.0 Å². The van der Waals surface area contributed by atoms with Crippen LogP contribution in [0.3, 0.4) is 0 Å². The van der Waals surface area contributed by atoms with Gasteiger partial charge in [0.25, 0.3) is 5.91 Å². The number of hydrogen-bond donors (Lipinski definition) is 2. The molecule has 1 amide bonds. The Morgan fingerprint density at radius 3 is 2.45 bits per heavy atom. The summed E-state index contributed by atoms with van der Waals surface area (Å²) < 4.78 is 22.4. The van der Waals surface area contributed by atoms with E-state index in [1.54, 1.807) is 27.7 Å². The Balaban J connectivity index is 1.77. The van der Waals surface area contributed by atoms with Gasteiger partial charge in [-0.15, -0.1) is 0 Å². The van der Waals surface area contributed by atoms with Crippen molar-refractivity contribution in [2.45, 2.75) is 69.7 Å². The van der Waals surface area contributed by atoms with Crippen molar-refractivity contribution >= 4 is 5.91 Å². The van der Waals surface area contributed by atoms with Crippen LogP contribution in [0.5, 0.6) is 0 Å². The van der Waals surface area contributed by atoms with Crippen LogP contribution in [-0.2, 0) is 23.7 Å². The third kappa shape index (κ3) is 2.33. The van der Waals surface area contributed by atoms with Crippen LogP contribution in [0.1, 0.15) is 27.7 Å². The van der Waals surface area contributed by atoms with Gasteiger partial charge < -0.3 is 29.4 Å². The van der Waals surface area contributed by atoms with E-state index in [9.17, 15) is 9.90 Å². The monoisotopic (exact) mass is 287 g/mol. The first-order valence-corrected chi connectivity index (χ1v) is 6.84. The molecule has 3 heterocycles. The van der Waals surface area contributed by atoms with Gasteiger partial charge in [-0.1, -0.05) is 0 Å². The van der Waals surface area contributed by atoms with Gasteiger partial charge in [-0.2, -0.15) is 0 Å². The highest BCUT2D eigenvalue weighted by Gasteiger charge is 2.56. The van der Waals surface area contributed by atoms with Crippen LogP contribution in [0.4, 0.5) is 0 Å². The molecule has 0 aromatic carbocycles. The Labute approximate surface area is 117 Å². The minimum Gasteiger partial charge on any atom is -0.388 e. The minimum absolute atomic E-state index is 0.288. The first-order valence-electron chi connectivity index (χ1n) is 6.84. The summed E-state index contributed by atoms with van der Waals surface area (Å²) in [6, 6.07) is -0.567. The van der Waals surface area contributed by atoms with Gasteiger partial charge in [0.2, 0.25) is 0 Å². The first-order chi connectivity index (χ1) is 9.19. The maximum Gasteiger partial charge on any atom is 0.252 e. The fourth-order valence-corrected chi connectivity index (χ4v) is 2.98. The predicted octanol–water partition coefficient (Wildman–Crippen LogP) is -0.483. The summed E-state index contributed by atoms with van der Waals surface area (Å²) in [7, 11) is 0. The van der Waals surface area contributed by atoms with E-state index in [-0.39, 0.29) is 5.91 Å². The lowest BCUT2D eigenvalue weighted by molar-refractivity contribution is -0.164. The third-order valence-corrected chi connectivity index (χ3v) is 3.83. The number of carbonyl (C=O) groups excluding carboxylic acids is 1. The lowest BCUT2D eigenvalue weighted by Gasteiger charge is -2.37. The van der Waals surface area contributed by atoms with Gasteiger partial charge in [-0.3, -0.25) is 4.79 Å². The quantitative estimate of drug-likeness (QED) is 0.677. The van der Waals surface area contributed by atoms with Crippen molar-refractivity contribution in [2.24, 2.45) is 0 Å². The van der Waals surface area contributed by atoms with Crippen molar-refractivity contribution < 1.29 is 28.8 Å². The normalized spacial score (nSPS) is 46.0. The molecule has 0 aromatic heterocycles. The molecule has 7 nitrogen and oxygen atoms in total. The van der Waals surface area contributed by atoms with Crippen LogP contribution in [-0.4, -0.2) is 59.7 Å². The third-order valence-electron chi connectivity index (χ3n) is 3.83. The average molecular weight is 287 g/mol. The van der Waals surface area contributed by atoms with E-state index in [1.807, 2.05) is 0 Å². The standard InChI is InChI=1S/C13H21NO6/c1-12(2)17-5-6(18-12)7-8(15)9-10(11(16)14-7)20-13(3,4)19-9/h6-10,15H,5H2,1-4H3,(H,14,16)/t6-,7-,8-,9-,10-/m1/s1. The van der Waals surface area contributed by atoms with Crippen LogP contribution in [0, 0.1) is 0 Å². The molecule has 0 aliphatic carbocycles. The molecule has 20 heavy (non-hydrogen) atoms. The summed E-state index contributed by atoms with van der Waals surface area (Å²) >= 11 is 0. The van der Waals surface area contributed by atoms with Crippen LogP contribution >= 0.6 is 0 Å². The second-order valence-electron chi connectivity index (χ2n) is 6.41. The summed E-state index contributed by atoms with van der Waals surface area (Å²) in [5.74, 6) is -1.88. The van der Waals surface area contributed by atoms with Crippen molar-refractivity contribution in [3.05, 3.63) is 0 Å². The van der Waals surface area contributed by atoms with Gasteiger partial charge in [-0.25, -0.2) is 0 Å². The zero-order valence-electron chi connectivity index (χ0n) is 12.1. The number of aliphatic hydroxyl groups excluding tert-OH is 1. The van der Waals surface area contributed by atoms with E-state index in [4.69, 9.17) is 18.9 Å². The molecule has 0 bridgehead atoms. The van der Waals surface area contributed by atoms with E-state index in [0.717, 1.165) is 0 Å². The SMILES string of the molecule is CC1(C)OC[C@H]([C@H]2NC(=O)[C@@H]3OC(C)(C)O[C@@H]3[C@@H]2O)O1. The molecule has 2 N–H and O–H groups in total. The Kier molecular flexibility index (Phi) is 3.11. The van der Waals surface area contributed by atoms with Crippen molar-refractivity contribution in [1.29, 1.82) is 0 Å². The molecule has 0 aromatic rings. The number of hydrogen-bond acceptors (Lipinski definition) is 6. The fraction of sp³-hybridized carbons (Fsp3) is 0.923. The topological polar surface area (TPSA) is 86.3 Å². The van der Waals surface area contributed by atoms with E-state index in [2.05, 4.69) is 5.32 Å². The highest BCUT2D eigenvalue weighted by atomic mass is 16.8. The number of fused-ring (bicyclic) bond motifs is 1. The first kappa shape index (κ1) is 14.2. The molecule has 114 valence electrons. The lowest BCUT2D eigenvalue weighted by Crippen LogP contribution is -2.65. The van der Waals surface area contributed by atoms with E-state index >= 15 is 0 Å². The Bertz CT molecular complexity index is 423. The molecule has 0 unspecified atom stereocenters. The zero-order valence-corrected chi connectivity index (χ0v) is 12.1. The van der Waals surface area contributed by atoms with Crippen LogP contribution in [0.25, 0.3) is 0 Å². The second kappa shape index (κ2) is 4.38. The Hall–Kier alpha value is -0.730. The van der Waals surface area contributed by atoms with Crippen LogP contribution in [0.2, 0.25) is 0 Å². The summed E-state index contributed by atoms with van der Waals surface area (Å²) in [5.41, 5.74) is 0. The summed E-state index contributed by atoms with van der Waals surface area (Å²) in [6.45, 7) is 7.35. The largest absolute Gasteiger partial charge is 0.388 e. The van der Waals surface area contributed by atoms with Crippen molar-refractivity contribution in [3.8, 4) is 0 Å². The molecule has 5 atom stereocenters. The predicted molar refractivity (Wildman–Crippen MR) is 66.7 cm³/mol. The Morgan fingerprint density at radius 2 is 1.85 bits per heavy atom. The number of nitrogens with one attached hydrogen (secondary N) is 1. The van der Waals surface area contributed by atoms with Gasteiger partial charge in [0.1, 0.15) is 18.3 Å².